The molecule has 2 fully saturated rings. The van der Waals surface area contributed by atoms with Crippen LogP contribution in [0.25, 0.3) is 0 Å². The van der Waals surface area contributed by atoms with Gasteiger partial charge >= 0.3 is 0 Å². The molecule has 0 aliphatic heterocycles. The Bertz CT molecular complexity index is 716. The number of carbonyl (C=O) groups is 1. The van der Waals surface area contributed by atoms with Crippen LogP contribution in [-0.4, -0.2) is 44.5 Å². The summed E-state index contributed by atoms with van der Waals surface area (Å²) >= 11 is 0. The van der Waals surface area contributed by atoms with Gasteiger partial charge < -0.3 is 20.4 Å². The van der Waals surface area contributed by atoms with Crippen molar-refractivity contribution >= 4 is 5.78 Å². The third-order valence-corrected chi connectivity index (χ3v) is 7.44. The van der Waals surface area contributed by atoms with E-state index in [2.05, 4.69) is 0 Å². The van der Waals surface area contributed by atoms with E-state index in [0.29, 0.717) is 12.8 Å². The Balaban J connectivity index is 1.75. The number of hydrogen-bond donors (Lipinski definition) is 4. The zero-order valence-corrected chi connectivity index (χ0v) is 14.5. The minimum Gasteiger partial charge on any atom is -0.508 e. The van der Waals surface area contributed by atoms with Gasteiger partial charge in [-0.2, -0.15) is 0 Å². The topological polar surface area (TPSA) is 98.0 Å². The maximum atomic E-state index is 12.3. The smallest absolute Gasteiger partial charge is 0.190 e. The number of aromatic hydroxyl groups is 1. The van der Waals surface area contributed by atoms with Crippen molar-refractivity contribution in [1.82, 2.24) is 0 Å². The summed E-state index contributed by atoms with van der Waals surface area (Å²) in [5, 5.41) is 41.1. The highest BCUT2D eigenvalue weighted by atomic mass is 16.3. The summed E-state index contributed by atoms with van der Waals surface area (Å²) in [7, 11) is 0. The molecule has 4 rings (SSSR count). The Morgan fingerprint density at radius 3 is 2.80 bits per heavy atom. The summed E-state index contributed by atoms with van der Waals surface area (Å²) in [6, 6.07) is 5.36. The molecule has 2 saturated carbocycles. The number of fused-ring (bicyclic) bond motifs is 5. The van der Waals surface area contributed by atoms with E-state index in [0.717, 1.165) is 30.4 Å². The number of Topliss-reactive ketones (excluding diaryl/α,β-unsaturated/α-hetero) is 1. The van der Waals surface area contributed by atoms with Crippen molar-refractivity contribution in [3.05, 3.63) is 29.3 Å². The minimum atomic E-state index is -1.55. The average Bonchev–Trinajstić information content (AvgIpc) is 2.85. The van der Waals surface area contributed by atoms with Gasteiger partial charge in [-0.1, -0.05) is 13.0 Å². The van der Waals surface area contributed by atoms with Crippen molar-refractivity contribution < 1.29 is 25.2 Å². The maximum Gasteiger partial charge on any atom is 0.190 e. The molecule has 5 heteroatoms. The van der Waals surface area contributed by atoms with Crippen LogP contribution in [0.4, 0.5) is 0 Å². The number of benzene rings is 1. The van der Waals surface area contributed by atoms with Crippen LogP contribution in [0.5, 0.6) is 5.75 Å². The van der Waals surface area contributed by atoms with Crippen LogP contribution < -0.4 is 0 Å². The Labute approximate surface area is 147 Å². The minimum absolute atomic E-state index is 0.0194. The molecule has 0 saturated heterocycles. The van der Waals surface area contributed by atoms with E-state index < -0.39 is 29.5 Å². The van der Waals surface area contributed by atoms with E-state index in [-0.39, 0.29) is 23.5 Å². The van der Waals surface area contributed by atoms with Crippen LogP contribution in [0.3, 0.4) is 0 Å². The van der Waals surface area contributed by atoms with Gasteiger partial charge in [0, 0.05) is 11.3 Å². The standard InChI is InChI=1S/C20H26O5/c1-19-9-16(23)18-13-5-3-12(22)8-11(13)2-4-14(18)15(19)6-7-20(19,25)17(24)10-21/h3,5,8,14-16,18,21-23,25H,2,4,6-7,9-10H2,1H3/t14-,15-,16-,18+,19-,20-/m0/s1. The highest BCUT2D eigenvalue weighted by molar-refractivity contribution is 5.89. The summed E-state index contributed by atoms with van der Waals surface area (Å²) in [4.78, 5) is 12.3. The average molecular weight is 346 g/mol. The first-order valence-electron chi connectivity index (χ1n) is 9.18. The van der Waals surface area contributed by atoms with E-state index in [1.54, 1.807) is 12.1 Å². The van der Waals surface area contributed by atoms with Crippen molar-refractivity contribution in [3.8, 4) is 5.75 Å². The van der Waals surface area contributed by atoms with Crippen LogP contribution in [0.2, 0.25) is 0 Å². The van der Waals surface area contributed by atoms with Crippen molar-refractivity contribution in [2.24, 2.45) is 17.3 Å². The van der Waals surface area contributed by atoms with Crippen molar-refractivity contribution in [1.29, 1.82) is 0 Å². The zero-order chi connectivity index (χ0) is 18.0. The lowest BCUT2D eigenvalue weighted by molar-refractivity contribution is -0.167. The van der Waals surface area contributed by atoms with Gasteiger partial charge in [0.15, 0.2) is 5.78 Å². The van der Waals surface area contributed by atoms with Gasteiger partial charge in [0.25, 0.3) is 0 Å². The summed E-state index contributed by atoms with van der Waals surface area (Å²) in [6.45, 7) is 1.25. The van der Waals surface area contributed by atoms with Gasteiger partial charge in [0.2, 0.25) is 0 Å². The first-order chi connectivity index (χ1) is 11.8. The number of ketones is 1. The number of hydrogen-bond acceptors (Lipinski definition) is 5. The van der Waals surface area contributed by atoms with E-state index in [1.165, 1.54) is 0 Å². The number of aryl methyl sites for hydroxylation is 1. The normalized spacial score (nSPS) is 42.4. The van der Waals surface area contributed by atoms with Crippen LogP contribution in [0, 0.1) is 17.3 Å². The fourth-order valence-corrected chi connectivity index (χ4v) is 6.24. The number of phenolic OH excluding ortho intramolecular Hbond substituents is 1. The number of phenols is 1. The second kappa shape index (κ2) is 5.53. The summed E-state index contributed by atoms with van der Waals surface area (Å²) in [5.74, 6) is 0.0454. The molecule has 1 aromatic rings. The molecule has 0 aromatic heterocycles. The van der Waals surface area contributed by atoms with Crippen LogP contribution in [-0.2, 0) is 11.2 Å². The lowest BCUT2D eigenvalue weighted by atomic mass is 9.52. The molecule has 0 spiro atoms. The van der Waals surface area contributed by atoms with Crippen molar-refractivity contribution in [3.63, 3.8) is 0 Å². The molecule has 5 nitrogen and oxygen atoms in total. The van der Waals surface area contributed by atoms with Crippen LogP contribution in [0.15, 0.2) is 18.2 Å². The van der Waals surface area contributed by atoms with Gasteiger partial charge in [0.1, 0.15) is 18.0 Å². The molecule has 0 bridgehead atoms. The molecule has 1 aromatic carbocycles. The predicted molar refractivity (Wildman–Crippen MR) is 91.2 cm³/mol. The molecular formula is C20H26O5. The Kier molecular flexibility index (Phi) is 3.76. The summed E-state index contributed by atoms with van der Waals surface area (Å²) in [5.41, 5.74) is -0.0776. The SMILES string of the molecule is C[C@]12C[C@H](O)[C@@H]3c4ccc(O)cc4CC[C@H]3[C@@H]1CC[C@]2(O)C(=O)CO. The summed E-state index contributed by atoms with van der Waals surface area (Å²) in [6.07, 6.45) is 2.50. The fourth-order valence-electron chi connectivity index (χ4n) is 6.24. The maximum absolute atomic E-state index is 12.3. The molecular weight excluding hydrogens is 320 g/mol. The number of aliphatic hydroxyl groups is 3. The van der Waals surface area contributed by atoms with Crippen molar-refractivity contribution in [2.45, 2.75) is 56.7 Å². The molecule has 136 valence electrons. The first kappa shape index (κ1) is 17.0. The molecule has 25 heavy (non-hydrogen) atoms. The molecule has 0 radical (unpaired) electrons. The number of carbonyl (C=O) groups excluding carboxylic acids is 1. The highest BCUT2D eigenvalue weighted by Gasteiger charge is 2.65. The highest BCUT2D eigenvalue weighted by Crippen LogP contribution is 2.64. The zero-order valence-electron chi connectivity index (χ0n) is 14.5. The molecule has 0 amide bonds. The van der Waals surface area contributed by atoms with Gasteiger partial charge in [-0.25, -0.2) is 0 Å². The quantitative estimate of drug-likeness (QED) is 0.651. The second-order valence-electron chi connectivity index (χ2n) is 8.39. The summed E-state index contributed by atoms with van der Waals surface area (Å²) < 4.78 is 0. The Hall–Kier alpha value is -1.43. The van der Waals surface area contributed by atoms with Gasteiger partial charge in [-0.05, 0) is 67.2 Å². The molecule has 0 heterocycles. The largest absolute Gasteiger partial charge is 0.508 e. The Morgan fingerprint density at radius 1 is 1.32 bits per heavy atom. The lowest BCUT2D eigenvalue weighted by Gasteiger charge is -2.54. The van der Waals surface area contributed by atoms with E-state index in [1.807, 2.05) is 13.0 Å². The monoisotopic (exact) mass is 346 g/mol. The van der Waals surface area contributed by atoms with Gasteiger partial charge in [-0.3, -0.25) is 4.79 Å². The van der Waals surface area contributed by atoms with E-state index in [9.17, 15) is 25.2 Å². The predicted octanol–water partition coefficient (Wildman–Crippen LogP) is 1.51. The lowest BCUT2D eigenvalue weighted by Crippen LogP contribution is -2.58. The molecule has 4 N–H and O–H groups in total. The van der Waals surface area contributed by atoms with E-state index in [4.69, 9.17) is 0 Å². The number of aliphatic hydroxyl groups excluding tert-OH is 2. The third-order valence-electron chi connectivity index (χ3n) is 7.44. The molecule has 3 aliphatic carbocycles. The molecule has 3 aliphatic rings. The second-order valence-corrected chi connectivity index (χ2v) is 8.39. The van der Waals surface area contributed by atoms with Crippen LogP contribution >= 0.6 is 0 Å². The first-order valence-corrected chi connectivity index (χ1v) is 9.18. The number of rotatable bonds is 2. The Morgan fingerprint density at radius 2 is 2.08 bits per heavy atom. The van der Waals surface area contributed by atoms with E-state index >= 15 is 0 Å². The molecule has 0 unspecified atom stereocenters. The third kappa shape index (κ3) is 2.15. The van der Waals surface area contributed by atoms with Crippen molar-refractivity contribution in [2.75, 3.05) is 6.61 Å². The van der Waals surface area contributed by atoms with Crippen LogP contribution in [0.1, 0.15) is 49.7 Å². The van der Waals surface area contributed by atoms with Gasteiger partial charge in [-0.15, -0.1) is 0 Å². The van der Waals surface area contributed by atoms with Gasteiger partial charge in [0.05, 0.1) is 6.10 Å². The fraction of sp³-hybridized carbons (Fsp3) is 0.650. The molecule has 6 atom stereocenters.